The molecule has 0 radical (unpaired) electrons. The summed E-state index contributed by atoms with van der Waals surface area (Å²) in [6.45, 7) is 8.77. The van der Waals surface area contributed by atoms with E-state index in [1.165, 1.54) is 32.8 Å². The second-order valence-corrected chi connectivity index (χ2v) is 13.7. The smallest absolute Gasteiger partial charge is 0.328 e. The van der Waals surface area contributed by atoms with Crippen molar-refractivity contribution in [1.29, 1.82) is 0 Å². The third-order valence-corrected chi connectivity index (χ3v) is 9.58. The number of halogens is 4. The van der Waals surface area contributed by atoms with Gasteiger partial charge in [0, 0.05) is 30.6 Å². The summed E-state index contributed by atoms with van der Waals surface area (Å²) < 4.78 is 60.9. The van der Waals surface area contributed by atoms with Gasteiger partial charge in [-0.25, -0.2) is 22.4 Å². The van der Waals surface area contributed by atoms with Crippen LogP contribution in [0.4, 0.5) is 17.6 Å². The molecule has 53 heavy (non-hydrogen) atoms. The van der Waals surface area contributed by atoms with Gasteiger partial charge in [0.15, 0.2) is 23.3 Å². The van der Waals surface area contributed by atoms with Gasteiger partial charge >= 0.3 is 17.9 Å². The maximum Gasteiger partial charge on any atom is 0.328 e. The molecule has 2 fully saturated rings. The van der Waals surface area contributed by atoms with Gasteiger partial charge in [-0.2, -0.15) is 0 Å². The first-order valence-corrected chi connectivity index (χ1v) is 17.8. The molecule has 4 N–H and O–H groups in total. The average Bonchev–Trinajstić information content (AvgIpc) is 3.10. The Hall–Kier alpha value is -4.08. The number of esters is 2. The molecule has 0 aliphatic carbocycles. The molecule has 0 unspecified atom stereocenters. The van der Waals surface area contributed by atoms with Crippen molar-refractivity contribution >= 4 is 23.8 Å². The minimum absolute atomic E-state index is 0.0285. The predicted octanol–water partition coefficient (Wildman–Crippen LogP) is 4.77. The number of piperidine rings is 2. The lowest BCUT2D eigenvalue weighted by Gasteiger charge is -2.38. The molecule has 2 aliphatic heterocycles. The number of hydrogen-bond acceptors (Lipinski definition) is 9. The Balaban J connectivity index is 0.000000304. The molecule has 4 rings (SSSR count). The van der Waals surface area contributed by atoms with Crippen LogP contribution in [0.3, 0.4) is 0 Å². The molecule has 2 aromatic rings. The number of likely N-dealkylation sites (tertiary alicyclic amines) is 2. The molecular weight excluding hydrogens is 700 g/mol. The highest BCUT2D eigenvalue weighted by molar-refractivity contribution is 5.85. The van der Waals surface area contributed by atoms with Crippen LogP contribution < -0.4 is 11.1 Å². The summed E-state index contributed by atoms with van der Waals surface area (Å²) in [7, 11) is 2.44. The molecule has 2 saturated heterocycles. The Morgan fingerprint density at radius 3 is 1.53 bits per heavy atom. The lowest BCUT2D eigenvalue weighted by Crippen LogP contribution is -2.52. The molecule has 1 amide bonds. The number of aliphatic carboxylic acids is 1. The van der Waals surface area contributed by atoms with Crippen LogP contribution in [-0.4, -0.2) is 102 Å². The molecule has 0 spiro atoms. The second-order valence-electron chi connectivity index (χ2n) is 13.7. The molecule has 15 heteroatoms. The third kappa shape index (κ3) is 15.1. The summed E-state index contributed by atoms with van der Waals surface area (Å²) >= 11 is 0. The van der Waals surface area contributed by atoms with Gasteiger partial charge < -0.3 is 25.6 Å². The van der Waals surface area contributed by atoms with E-state index in [9.17, 15) is 36.7 Å². The zero-order chi connectivity index (χ0) is 39.8. The van der Waals surface area contributed by atoms with Gasteiger partial charge in [0.05, 0.1) is 27.3 Å². The number of rotatable bonds is 11. The normalized spacial score (nSPS) is 21.4. The number of carbonyl (C=O) groups excluding carboxylic acids is 3. The number of nitrogens with two attached hydrogens (primary N) is 1. The molecule has 6 atom stereocenters. The van der Waals surface area contributed by atoms with Crippen LogP contribution in [0.5, 0.6) is 0 Å². The minimum atomic E-state index is -0.992. The maximum atomic E-state index is 13.4. The number of methoxy groups -OCH3 is 2. The van der Waals surface area contributed by atoms with Crippen molar-refractivity contribution in [1.82, 2.24) is 15.1 Å². The molecule has 0 bridgehead atoms. The fourth-order valence-corrected chi connectivity index (χ4v) is 6.53. The molecule has 296 valence electrons. The summed E-state index contributed by atoms with van der Waals surface area (Å²) in [5.74, 6) is -6.04. The first kappa shape index (κ1) is 45.1. The number of nitrogens with one attached hydrogen (secondary N) is 1. The molecule has 2 heterocycles. The number of amides is 1. The Morgan fingerprint density at radius 1 is 0.717 bits per heavy atom. The van der Waals surface area contributed by atoms with Crippen molar-refractivity contribution in [3.05, 3.63) is 70.8 Å². The van der Waals surface area contributed by atoms with Gasteiger partial charge in [-0.3, -0.25) is 24.2 Å². The molecule has 2 aliphatic rings. The number of benzene rings is 2. The molecular formula is C38H54F4N4O7. The van der Waals surface area contributed by atoms with Crippen LogP contribution in [0, 0.1) is 23.3 Å². The van der Waals surface area contributed by atoms with Crippen molar-refractivity contribution in [3.63, 3.8) is 0 Å². The van der Waals surface area contributed by atoms with E-state index in [2.05, 4.69) is 47.5 Å². The van der Waals surface area contributed by atoms with Crippen molar-refractivity contribution in [3.8, 4) is 0 Å². The van der Waals surface area contributed by atoms with E-state index >= 15 is 0 Å². The molecule has 0 aromatic heterocycles. The Bertz CT molecular complexity index is 1500. The Morgan fingerprint density at radius 2 is 1.13 bits per heavy atom. The fourth-order valence-electron chi connectivity index (χ4n) is 6.53. The van der Waals surface area contributed by atoms with Gasteiger partial charge in [-0.15, -0.1) is 0 Å². The lowest BCUT2D eigenvalue weighted by molar-refractivity contribution is -0.145. The lowest BCUT2D eigenvalue weighted by atomic mass is 9.97. The maximum absolute atomic E-state index is 13.4. The minimum Gasteiger partial charge on any atom is -0.480 e. The number of carbonyl (C=O) groups is 4. The summed E-state index contributed by atoms with van der Waals surface area (Å²) in [6, 6.07) is 6.44. The summed E-state index contributed by atoms with van der Waals surface area (Å²) in [5, 5.41) is 11.3. The first-order valence-electron chi connectivity index (χ1n) is 17.8. The van der Waals surface area contributed by atoms with Gasteiger partial charge in [-0.1, -0.05) is 25.0 Å². The predicted molar refractivity (Wildman–Crippen MR) is 191 cm³/mol. The van der Waals surface area contributed by atoms with E-state index in [1.54, 1.807) is 0 Å². The average molecular weight is 755 g/mol. The van der Waals surface area contributed by atoms with E-state index in [4.69, 9.17) is 15.6 Å². The third-order valence-electron chi connectivity index (χ3n) is 9.58. The molecule has 2 aromatic carbocycles. The van der Waals surface area contributed by atoms with Crippen LogP contribution in [0.25, 0.3) is 0 Å². The highest BCUT2D eigenvalue weighted by atomic mass is 19.2. The van der Waals surface area contributed by atoms with Crippen LogP contribution in [0.15, 0.2) is 36.4 Å². The van der Waals surface area contributed by atoms with Crippen molar-refractivity contribution in [2.45, 2.75) is 115 Å². The van der Waals surface area contributed by atoms with E-state index < -0.39 is 53.3 Å². The number of carboxylic acid groups (broad SMARTS) is 1. The van der Waals surface area contributed by atoms with Gasteiger partial charge in [0.1, 0.15) is 12.1 Å². The number of carboxylic acids is 1. The zero-order valence-corrected chi connectivity index (χ0v) is 31.4. The second kappa shape index (κ2) is 22.2. The van der Waals surface area contributed by atoms with Gasteiger partial charge in [0.2, 0.25) is 5.91 Å². The van der Waals surface area contributed by atoms with E-state index in [-0.39, 0.29) is 31.8 Å². The highest BCUT2D eigenvalue weighted by Gasteiger charge is 2.29. The highest BCUT2D eigenvalue weighted by Crippen LogP contribution is 2.23. The largest absolute Gasteiger partial charge is 0.480 e. The quantitative estimate of drug-likeness (QED) is 0.216. The summed E-state index contributed by atoms with van der Waals surface area (Å²) in [6.07, 6.45) is 6.86. The number of hydrogen-bond donors (Lipinski definition) is 3. The van der Waals surface area contributed by atoms with Crippen LogP contribution >= 0.6 is 0 Å². The van der Waals surface area contributed by atoms with E-state index in [0.717, 1.165) is 56.4 Å². The van der Waals surface area contributed by atoms with Crippen molar-refractivity contribution in [2.75, 3.05) is 27.3 Å². The van der Waals surface area contributed by atoms with Crippen LogP contribution in [-0.2, 0) is 41.5 Å². The molecule has 11 nitrogen and oxygen atoms in total. The fraction of sp³-hybridized carbons (Fsp3) is 0.579. The number of nitrogens with zero attached hydrogens (tertiary/aromatic N) is 2. The molecule has 0 saturated carbocycles. The zero-order valence-electron chi connectivity index (χ0n) is 31.4. The van der Waals surface area contributed by atoms with Crippen LogP contribution in [0.2, 0.25) is 0 Å². The Kier molecular flexibility index (Phi) is 18.9. The van der Waals surface area contributed by atoms with Gasteiger partial charge in [0.25, 0.3) is 0 Å². The van der Waals surface area contributed by atoms with Gasteiger partial charge in [-0.05, 0) is 95.2 Å². The Labute approximate surface area is 309 Å². The standard InChI is InChI=1S/C19H26F2N2O3.C10H11F2NO2.C9H17NO2/c1-12-5-4-6-13(2)23(12)11-18(24)22-17(19(25)26-3)10-14-7-8-15(20)16(21)9-14;1-15-10(14)9(13)5-6-2-3-7(11)8(12)4-6;1-7-4-3-5-8(2)10(7)6-9(11)12/h7-9,12-13,17H,4-6,10-11H2,1-3H3,(H,22,24);2-4,9H,5,13H2,1H3;7-8H,3-6H2,1-2H3,(H,11,12)/t12-,13+,17-;9-;7-,8+/m00./s1. The summed E-state index contributed by atoms with van der Waals surface area (Å²) in [4.78, 5) is 50.1. The first-order chi connectivity index (χ1) is 25.0. The van der Waals surface area contributed by atoms with Crippen molar-refractivity contribution in [2.24, 2.45) is 5.73 Å². The monoisotopic (exact) mass is 754 g/mol. The topological polar surface area (TPSA) is 151 Å². The number of ether oxygens (including phenoxy) is 2. The SMILES string of the molecule is COC(=O)[C@@H](N)Cc1ccc(F)c(F)c1.COC(=O)[C@H](Cc1ccc(F)c(F)c1)NC(=O)CN1[C@H](C)CCC[C@@H]1C.C[C@@H]1CCC[C@H](C)N1CC(=O)O. The summed E-state index contributed by atoms with van der Waals surface area (Å²) in [5.41, 5.74) is 6.31. The van der Waals surface area contributed by atoms with E-state index in [1.807, 2.05) is 0 Å². The van der Waals surface area contributed by atoms with Crippen molar-refractivity contribution < 1.29 is 51.3 Å². The van der Waals surface area contributed by atoms with E-state index in [0.29, 0.717) is 35.3 Å². The van der Waals surface area contributed by atoms with Crippen LogP contribution in [0.1, 0.15) is 77.3 Å².